The van der Waals surface area contributed by atoms with Crippen molar-refractivity contribution >= 4 is 21.6 Å². The summed E-state index contributed by atoms with van der Waals surface area (Å²) in [6.45, 7) is 0. The van der Waals surface area contributed by atoms with Gasteiger partial charge in [-0.1, -0.05) is 84.9 Å². The Labute approximate surface area is 251 Å². The van der Waals surface area contributed by atoms with Crippen LogP contribution in [-0.4, -0.2) is 30.8 Å². The van der Waals surface area contributed by atoms with Gasteiger partial charge in [-0.2, -0.15) is 5.26 Å². The number of nitrogens with zero attached hydrogens (tertiary/aromatic N) is 2. The molecule has 1 aliphatic carbocycles. The predicted octanol–water partition coefficient (Wildman–Crippen LogP) is 5.39. The molecule has 0 radical (unpaired) electrons. The van der Waals surface area contributed by atoms with Crippen molar-refractivity contribution in [3.63, 3.8) is 0 Å². The fourth-order valence-corrected chi connectivity index (χ4v) is 7.43. The molecule has 0 amide bonds. The largest absolute Gasteiger partial charge is 0.450 e. The molecule has 2 aliphatic rings. The zero-order chi connectivity index (χ0) is 30.0. The van der Waals surface area contributed by atoms with Gasteiger partial charge in [-0.05, 0) is 53.1 Å². The summed E-state index contributed by atoms with van der Waals surface area (Å²) in [7, 11) is -3.79. The van der Waals surface area contributed by atoms with Crippen LogP contribution in [0.1, 0.15) is 46.6 Å². The smallest absolute Gasteiger partial charge is 0.318 e. The highest BCUT2D eigenvalue weighted by Crippen LogP contribution is 2.51. The van der Waals surface area contributed by atoms with Gasteiger partial charge in [-0.25, -0.2) is 13.4 Å². The fourth-order valence-electron chi connectivity index (χ4n) is 6.17. The Balaban J connectivity index is 1.32. The summed E-state index contributed by atoms with van der Waals surface area (Å²) >= 11 is 0. The third kappa shape index (κ3) is 5.99. The number of aromatic nitrogens is 1. The zero-order valence-electron chi connectivity index (χ0n) is 23.4. The molecule has 0 spiro atoms. The second-order valence-corrected chi connectivity index (χ2v) is 13.4. The van der Waals surface area contributed by atoms with Gasteiger partial charge < -0.3 is 4.74 Å². The van der Waals surface area contributed by atoms with Gasteiger partial charge in [0, 0.05) is 25.0 Å². The first-order chi connectivity index (χ1) is 20.8. The first-order valence-electron chi connectivity index (χ1n) is 14.3. The van der Waals surface area contributed by atoms with Crippen LogP contribution in [0.25, 0.3) is 0 Å². The molecule has 0 bridgehead atoms. The first-order valence-corrected chi connectivity index (χ1v) is 16.0. The molecule has 216 valence electrons. The lowest BCUT2D eigenvalue weighted by molar-refractivity contribution is -0.152. The molecule has 2 atom stereocenters. The SMILES string of the molecule is N#Cc1ccc(S(=O)(=O)Cc2cccc(C(C3CC3)C3C(=O)OC(Cc4ccccc4)(Cc4ccccc4)C3=O)c2)nc1. The molecule has 3 aromatic carbocycles. The molecule has 1 saturated heterocycles. The van der Waals surface area contributed by atoms with E-state index < -0.39 is 33.2 Å². The Hall–Kier alpha value is -4.61. The number of Topliss-reactive ketones (excluding diaryl/α,β-unsaturated/α-hetero) is 1. The van der Waals surface area contributed by atoms with E-state index in [1.807, 2.05) is 72.8 Å². The van der Waals surface area contributed by atoms with Gasteiger partial charge in [0.15, 0.2) is 26.2 Å². The monoisotopic (exact) mass is 590 g/mol. The number of hydrogen-bond donors (Lipinski definition) is 0. The van der Waals surface area contributed by atoms with Gasteiger partial charge in [0.1, 0.15) is 12.0 Å². The van der Waals surface area contributed by atoms with Crippen LogP contribution in [-0.2, 0) is 42.8 Å². The van der Waals surface area contributed by atoms with E-state index in [2.05, 4.69) is 4.98 Å². The Kier molecular flexibility index (Phi) is 7.68. The van der Waals surface area contributed by atoms with Crippen LogP contribution in [0.5, 0.6) is 0 Å². The number of benzene rings is 3. The number of sulfone groups is 1. The number of hydrogen-bond acceptors (Lipinski definition) is 7. The van der Waals surface area contributed by atoms with Crippen molar-refractivity contribution < 1.29 is 22.7 Å². The maximum Gasteiger partial charge on any atom is 0.318 e. The number of nitriles is 1. The summed E-state index contributed by atoms with van der Waals surface area (Å²) < 4.78 is 32.4. The topological polar surface area (TPSA) is 114 Å². The predicted molar refractivity (Wildman–Crippen MR) is 159 cm³/mol. The molecule has 1 saturated carbocycles. The number of esters is 1. The van der Waals surface area contributed by atoms with E-state index in [-0.39, 0.29) is 40.9 Å². The van der Waals surface area contributed by atoms with Gasteiger partial charge in [0.05, 0.1) is 11.3 Å². The summed E-state index contributed by atoms with van der Waals surface area (Å²) in [5.74, 6) is -2.31. The number of rotatable bonds is 10. The highest BCUT2D eigenvalue weighted by Gasteiger charge is 2.59. The molecular formula is C35H30N2O5S. The van der Waals surface area contributed by atoms with E-state index in [0.717, 1.165) is 29.5 Å². The van der Waals surface area contributed by atoms with Crippen LogP contribution >= 0.6 is 0 Å². The van der Waals surface area contributed by atoms with E-state index in [4.69, 9.17) is 10.00 Å². The summed E-state index contributed by atoms with van der Waals surface area (Å²) in [6.07, 6.45) is 3.54. The minimum atomic E-state index is -3.79. The van der Waals surface area contributed by atoms with Crippen molar-refractivity contribution in [2.45, 2.75) is 48.0 Å². The Morgan fingerprint density at radius 2 is 1.49 bits per heavy atom. The van der Waals surface area contributed by atoms with Gasteiger partial charge in [-0.3, -0.25) is 9.59 Å². The average molecular weight is 591 g/mol. The summed E-state index contributed by atoms with van der Waals surface area (Å²) in [5.41, 5.74) is 2.05. The summed E-state index contributed by atoms with van der Waals surface area (Å²) in [5, 5.41) is 8.90. The molecule has 43 heavy (non-hydrogen) atoms. The van der Waals surface area contributed by atoms with Crippen molar-refractivity contribution in [3.8, 4) is 6.07 Å². The second kappa shape index (κ2) is 11.6. The number of pyridine rings is 1. The fraction of sp³-hybridized carbons (Fsp3) is 0.257. The zero-order valence-corrected chi connectivity index (χ0v) is 24.2. The molecule has 1 aliphatic heterocycles. The van der Waals surface area contributed by atoms with Crippen molar-refractivity contribution in [3.05, 3.63) is 131 Å². The van der Waals surface area contributed by atoms with E-state index in [0.29, 0.717) is 5.56 Å². The van der Waals surface area contributed by atoms with Crippen molar-refractivity contribution in [1.82, 2.24) is 4.98 Å². The van der Waals surface area contributed by atoms with E-state index >= 15 is 0 Å². The molecule has 2 unspecified atom stereocenters. The molecule has 2 heterocycles. The van der Waals surface area contributed by atoms with Crippen molar-refractivity contribution in [1.29, 1.82) is 5.26 Å². The quantitative estimate of drug-likeness (QED) is 0.180. The third-order valence-corrected chi connectivity index (χ3v) is 9.90. The molecule has 6 rings (SSSR count). The molecule has 7 nitrogen and oxygen atoms in total. The third-order valence-electron chi connectivity index (χ3n) is 8.31. The highest BCUT2D eigenvalue weighted by molar-refractivity contribution is 7.90. The van der Waals surface area contributed by atoms with Gasteiger partial charge >= 0.3 is 5.97 Å². The Morgan fingerprint density at radius 1 is 0.860 bits per heavy atom. The number of ether oxygens (including phenoxy) is 1. The lowest BCUT2D eigenvalue weighted by Gasteiger charge is -2.27. The highest BCUT2D eigenvalue weighted by atomic mass is 32.2. The second-order valence-electron chi connectivity index (χ2n) is 11.4. The van der Waals surface area contributed by atoms with Crippen LogP contribution < -0.4 is 0 Å². The maximum atomic E-state index is 14.5. The standard InChI is InChI=1S/C35H30N2O5S/c36-21-27-14-17-30(37-22-27)43(40,41)23-26-12-7-13-29(18-26)31(28-15-16-28)32-33(38)35(42-34(32)39,19-24-8-3-1-4-9-24)20-25-10-5-2-6-11-25/h1-14,17-18,22,28,31-32H,15-16,19-20,23H2. The number of carbonyl (C=O) groups excluding carboxylic acids is 2. The lowest BCUT2D eigenvalue weighted by atomic mass is 9.74. The molecule has 0 N–H and O–H groups in total. The molecule has 8 heteroatoms. The van der Waals surface area contributed by atoms with E-state index in [9.17, 15) is 18.0 Å². The van der Waals surface area contributed by atoms with Gasteiger partial charge in [0.25, 0.3) is 0 Å². The van der Waals surface area contributed by atoms with E-state index in [1.165, 1.54) is 18.3 Å². The van der Waals surface area contributed by atoms with Crippen LogP contribution in [0.15, 0.2) is 108 Å². The number of carbonyl (C=O) groups is 2. The molecule has 1 aromatic heterocycles. The molecule has 2 fully saturated rings. The molecular weight excluding hydrogens is 560 g/mol. The maximum absolute atomic E-state index is 14.5. The average Bonchev–Trinajstić information content (AvgIpc) is 3.82. The molecule has 4 aromatic rings. The number of ketones is 1. The lowest BCUT2D eigenvalue weighted by Crippen LogP contribution is -2.43. The summed E-state index contributed by atoms with van der Waals surface area (Å²) in [6, 6.07) is 31.0. The Morgan fingerprint density at radius 3 is 2.05 bits per heavy atom. The Bertz CT molecular complexity index is 1750. The normalized spacial score (nSPS) is 18.5. The summed E-state index contributed by atoms with van der Waals surface area (Å²) in [4.78, 5) is 32.1. The van der Waals surface area contributed by atoms with E-state index in [1.54, 1.807) is 18.2 Å². The van der Waals surface area contributed by atoms with Crippen LogP contribution in [0, 0.1) is 23.2 Å². The van der Waals surface area contributed by atoms with Gasteiger partial charge in [0.2, 0.25) is 0 Å². The number of cyclic esters (lactones) is 1. The van der Waals surface area contributed by atoms with Crippen molar-refractivity contribution in [2.24, 2.45) is 11.8 Å². The van der Waals surface area contributed by atoms with Crippen LogP contribution in [0.2, 0.25) is 0 Å². The van der Waals surface area contributed by atoms with Crippen LogP contribution in [0.4, 0.5) is 0 Å². The van der Waals surface area contributed by atoms with Gasteiger partial charge in [-0.15, -0.1) is 0 Å². The van der Waals surface area contributed by atoms with Crippen LogP contribution in [0.3, 0.4) is 0 Å². The van der Waals surface area contributed by atoms with Crippen molar-refractivity contribution in [2.75, 3.05) is 0 Å². The minimum Gasteiger partial charge on any atom is -0.450 e. The first kappa shape index (κ1) is 28.5. The minimum absolute atomic E-state index is 0.114.